The fourth-order valence-electron chi connectivity index (χ4n) is 3.44. The second-order valence-corrected chi connectivity index (χ2v) is 8.34. The van der Waals surface area contributed by atoms with Crippen molar-refractivity contribution in [3.05, 3.63) is 59.6 Å². The number of nitrogens with one attached hydrogen (secondary N) is 2. The van der Waals surface area contributed by atoms with Gasteiger partial charge in [-0.1, -0.05) is 31.2 Å². The molecule has 2 N–H and O–H groups in total. The summed E-state index contributed by atoms with van der Waals surface area (Å²) in [7, 11) is 0. The van der Waals surface area contributed by atoms with Gasteiger partial charge in [-0.2, -0.15) is 5.10 Å². The van der Waals surface area contributed by atoms with Crippen molar-refractivity contribution in [3.8, 4) is 16.3 Å². The minimum absolute atomic E-state index is 0.0552. The Morgan fingerprint density at radius 2 is 2.00 bits per heavy atom. The fraction of sp³-hybridized carbons (Fsp3) is 0.333. The van der Waals surface area contributed by atoms with Crippen LogP contribution in [0.1, 0.15) is 30.1 Å². The third-order valence-electron chi connectivity index (χ3n) is 5.22. The smallest absolute Gasteiger partial charge is 0.255 e. The number of hydrogen-bond acceptors (Lipinski definition) is 4. The Kier molecular flexibility index (Phi) is 5.09. The molecule has 0 radical (unpaired) electrons. The highest BCUT2D eigenvalue weighted by Gasteiger charge is 2.28. The molecular weight excluding hydrogens is 356 g/mol. The van der Waals surface area contributed by atoms with E-state index in [2.05, 4.69) is 17.6 Å². The summed E-state index contributed by atoms with van der Waals surface area (Å²) in [5.41, 5.74) is 2.46. The molecule has 0 atom stereocenters. The third kappa shape index (κ3) is 3.96. The van der Waals surface area contributed by atoms with Crippen LogP contribution in [0.2, 0.25) is 0 Å². The van der Waals surface area contributed by atoms with Gasteiger partial charge in [-0.25, -0.2) is 4.68 Å². The van der Waals surface area contributed by atoms with E-state index in [9.17, 15) is 4.79 Å². The summed E-state index contributed by atoms with van der Waals surface area (Å²) in [6.07, 6.45) is 3.99. The molecule has 27 heavy (non-hydrogen) atoms. The number of carbonyl (C=O) groups excluding carboxylic acids is 1. The second kappa shape index (κ2) is 7.66. The van der Waals surface area contributed by atoms with Crippen LogP contribution in [-0.2, 0) is 0 Å². The van der Waals surface area contributed by atoms with Gasteiger partial charge in [0.25, 0.3) is 5.91 Å². The molecule has 1 amide bonds. The lowest BCUT2D eigenvalue weighted by Gasteiger charge is -2.34. The van der Waals surface area contributed by atoms with E-state index in [1.54, 1.807) is 16.0 Å². The molecule has 0 bridgehead atoms. The molecule has 0 saturated carbocycles. The highest BCUT2D eigenvalue weighted by molar-refractivity contribution is 7.13. The van der Waals surface area contributed by atoms with E-state index >= 15 is 0 Å². The quantitative estimate of drug-likeness (QED) is 0.709. The number of piperidine rings is 1. The van der Waals surface area contributed by atoms with Crippen molar-refractivity contribution < 1.29 is 4.79 Å². The first-order valence-electron chi connectivity index (χ1n) is 9.33. The van der Waals surface area contributed by atoms with Gasteiger partial charge in [-0.15, -0.1) is 11.3 Å². The Hall–Kier alpha value is -2.44. The number of para-hydroxylation sites is 1. The molecule has 5 nitrogen and oxygen atoms in total. The summed E-state index contributed by atoms with van der Waals surface area (Å²) in [5.74, 6) is -0.0552. The van der Waals surface area contributed by atoms with Gasteiger partial charge in [0.1, 0.15) is 5.69 Å². The number of thiophene rings is 1. The van der Waals surface area contributed by atoms with Crippen molar-refractivity contribution in [2.24, 2.45) is 5.41 Å². The van der Waals surface area contributed by atoms with Crippen LogP contribution in [0.4, 0.5) is 0 Å². The van der Waals surface area contributed by atoms with Crippen LogP contribution >= 0.6 is 11.3 Å². The van der Waals surface area contributed by atoms with Crippen LogP contribution in [0.5, 0.6) is 0 Å². The number of benzene rings is 1. The predicted octanol–water partition coefficient (Wildman–Crippen LogP) is 3.72. The Morgan fingerprint density at radius 3 is 2.70 bits per heavy atom. The van der Waals surface area contributed by atoms with Crippen LogP contribution in [-0.4, -0.2) is 35.3 Å². The van der Waals surface area contributed by atoms with Gasteiger partial charge in [-0.3, -0.25) is 4.79 Å². The van der Waals surface area contributed by atoms with Crippen molar-refractivity contribution in [2.45, 2.75) is 19.8 Å². The van der Waals surface area contributed by atoms with E-state index in [4.69, 9.17) is 5.10 Å². The minimum Gasteiger partial charge on any atom is -0.351 e. The van der Waals surface area contributed by atoms with E-state index in [0.717, 1.165) is 42.2 Å². The Balaban J connectivity index is 1.60. The maximum Gasteiger partial charge on any atom is 0.255 e. The van der Waals surface area contributed by atoms with Crippen molar-refractivity contribution in [1.29, 1.82) is 0 Å². The molecule has 1 aliphatic rings. The third-order valence-corrected chi connectivity index (χ3v) is 6.10. The van der Waals surface area contributed by atoms with Gasteiger partial charge in [0.2, 0.25) is 0 Å². The summed E-state index contributed by atoms with van der Waals surface area (Å²) in [6.45, 7) is 4.97. The zero-order valence-corrected chi connectivity index (χ0v) is 16.3. The van der Waals surface area contributed by atoms with Crippen molar-refractivity contribution in [3.63, 3.8) is 0 Å². The lowest BCUT2D eigenvalue weighted by molar-refractivity contribution is 0.0923. The molecule has 6 heteroatoms. The first-order chi connectivity index (χ1) is 13.1. The summed E-state index contributed by atoms with van der Waals surface area (Å²) in [6, 6.07) is 13.9. The van der Waals surface area contributed by atoms with Crippen LogP contribution in [0.25, 0.3) is 16.3 Å². The number of hydrogen-bond donors (Lipinski definition) is 2. The summed E-state index contributed by atoms with van der Waals surface area (Å²) < 4.78 is 1.79. The number of nitrogens with zero attached hydrogens (tertiary/aromatic N) is 2. The molecule has 3 aromatic rings. The largest absolute Gasteiger partial charge is 0.351 e. The molecule has 1 saturated heterocycles. The summed E-state index contributed by atoms with van der Waals surface area (Å²) in [5, 5.41) is 13.3. The van der Waals surface area contributed by atoms with E-state index in [-0.39, 0.29) is 11.3 Å². The standard InChI is InChI=1S/C21H24N4OS/c1-21(9-11-22-12-10-21)15-23-20(26)17-14-25(16-6-3-2-4-7-16)24-19(17)18-8-5-13-27-18/h2-8,13-14,22H,9-12,15H2,1H3,(H,23,26). The van der Waals surface area contributed by atoms with Crippen LogP contribution < -0.4 is 10.6 Å². The highest BCUT2D eigenvalue weighted by Crippen LogP contribution is 2.29. The lowest BCUT2D eigenvalue weighted by atomic mass is 9.81. The molecular formula is C21H24N4OS. The molecule has 0 unspecified atom stereocenters. The van der Waals surface area contributed by atoms with Gasteiger partial charge in [0.05, 0.1) is 16.1 Å². The molecule has 1 aliphatic heterocycles. The average Bonchev–Trinajstić information content (AvgIpc) is 3.37. The maximum absolute atomic E-state index is 13.0. The normalized spacial score (nSPS) is 16.2. The van der Waals surface area contributed by atoms with E-state index in [0.29, 0.717) is 12.1 Å². The Morgan fingerprint density at radius 1 is 1.22 bits per heavy atom. The Bertz CT molecular complexity index is 896. The van der Waals surface area contributed by atoms with Crippen molar-refractivity contribution in [2.75, 3.05) is 19.6 Å². The average molecular weight is 381 g/mol. The van der Waals surface area contributed by atoms with Gasteiger partial charge < -0.3 is 10.6 Å². The molecule has 0 aliphatic carbocycles. The first kappa shape index (κ1) is 17.9. The number of aromatic nitrogens is 2. The zero-order chi connectivity index (χ0) is 18.7. The van der Waals surface area contributed by atoms with Crippen LogP contribution in [0.15, 0.2) is 54.0 Å². The van der Waals surface area contributed by atoms with Gasteiger partial charge in [0, 0.05) is 12.7 Å². The molecule has 140 valence electrons. The number of amides is 1. The molecule has 1 aromatic carbocycles. The number of rotatable bonds is 5. The second-order valence-electron chi connectivity index (χ2n) is 7.39. The first-order valence-corrected chi connectivity index (χ1v) is 10.2. The fourth-order valence-corrected chi connectivity index (χ4v) is 4.17. The molecule has 1 fully saturated rings. The van der Waals surface area contributed by atoms with E-state index in [1.807, 2.05) is 54.0 Å². The molecule has 0 spiro atoms. The highest BCUT2D eigenvalue weighted by atomic mass is 32.1. The topological polar surface area (TPSA) is 59.0 Å². The Labute approximate surface area is 163 Å². The summed E-state index contributed by atoms with van der Waals surface area (Å²) >= 11 is 1.60. The molecule has 2 aromatic heterocycles. The molecule has 4 rings (SSSR count). The van der Waals surface area contributed by atoms with Crippen molar-refractivity contribution in [1.82, 2.24) is 20.4 Å². The zero-order valence-electron chi connectivity index (χ0n) is 15.4. The van der Waals surface area contributed by atoms with Gasteiger partial charge >= 0.3 is 0 Å². The van der Waals surface area contributed by atoms with Gasteiger partial charge in [0.15, 0.2) is 0 Å². The number of carbonyl (C=O) groups is 1. The minimum atomic E-state index is -0.0552. The van der Waals surface area contributed by atoms with E-state index < -0.39 is 0 Å². The SMILES string of the molecule is CC1(CNC(=O)c2cn(-c3ccccc3)nc2-c2cccs2)CCNCC1. The van der Waals surface area contributed by atoms with Crippen LogP contribution in [0.3, 0.4) is 0 Å². The predicted molar refractivity (Wildman–Crippen MR) is 109 cm³/mol. The van der Waals surface area contributed by atoms with E-state index in [1.165, 1.54) is 0 Å². The monoisotopic (exact) mass is 380 g/mol. The van der Waals surface area contributed by atoms with Crippen LogP contribution in [0, 0.1) is 5.41 Å². The van der Waals surface area contributed by atoms with Gasteiger partial charge in [-0.05, 0) is 54.9 Å². The maximum atomic E-state index is 13.0. The van der Waals surface area contributed by atoms with Crippen molar-refractivity contribution >= 4 is 17.2 Å². The lowest BCUT2D eigenvalue weighted by Crippen LogP contribution is -2.42. The molecule has 3 heterocycles. The summed E-state index contributed by atoms with van der Waals surface area (Å²) in [4.78, 5) is 14.0.